The molecule has 0 aliphatic carbocycles. The Morgan fingerprint density at radius 1 is 1.08 bits per heavy atom. The maximum absolute atomic E-state index is 12.7. The number of anilines is 2. The zero-order valence-corrected chi connectivity index (χ0v) is 16.0. The van der Waals surface area contributed by atoms with E-state index in [4.69, 9.17) is 0 Å². The number of amides is 1. The smallest absolute Gasteiger partial charge is 0.274 e. The Kier molecular flexibility index (Phi) is 5.52. The van der Waals surface area contributed by atoms with Gasteiger partial charge >= 0.3 is 0 Å². The van der Waals surface area contributed by atoms with Gasteiger partial charge in [-0.15, -0.1) is 0 Å². The summed E-state index contributed by atoms with van der Waals surface area (Å²) >= 11 is 0. The normalized spacial score (nSPS) is 15.2. The van der Waals surface area contributed by atoms with Crippen LogP contribution in [0, 0.1) is 20.8 Å². The molecule has 1 aliphatic rings. The number of likely N-dealkylation sites (N-methyl/N-ethyl adjacent to an activating group) is 1. The largest absolute Gasteiger partial charge is 0.354 e. The van der Waals surface area contributed by atoms with E-state index in [9.17, 15) is 4.79 Å². The van der Waals surface area contributed by atoms with E-state index in [1.807, 2.05) is 39.0 Å². The Labute approximate surface area is 155 Å². The van der Waals surface area contributed by atoms with Gasteiger partial charge < -0.3 is 15.1 Å². The number of aromatic nitrogens is 2. The third kappa shape index (κ3) is 4.19. The van der Waals surface area contributed by atoms with Crippen molar-refractivity contribution in [1.82, 2.24) is 14.9 Å². The Morgan fingerprint density at radius 2 is 1.81 bits per heavy atom. The maximum atomic E-state index is 12.7. The number of benzene rings is 1. The van der Waals surface area contributed by atoms with Crippen LogP contribution in [0.1, 0.15) is 34.4 Å². The van der Waals surface area contributed by atoms with Gasteiger partial charge in [-0.05, 0) is 44.5 Å². The standard InChI is InChI=1S/C20H27N5O/c1-5-24-8-10-25(11-9-24)19-13-18(21-16(4)22-19)20(26)23-17-12-14(2)6-7-15(17)3/h6-7,12-13H,5,8-11H2,1-4H3,(H,23,26). The van der Waals surface area contributed by atoms with Gasteiger partial charge in [0, 0.05) is 37.9 Å². The molecule has 0 saturated carbocycles. The SMILES string of the molecule is CCN1CCN(c2cc(C(=O)Nc3cc(C)ccc3C)nc(C)n2)CC1. The Morgan fingerprint density at radius 3 is 2.50 bits per heavy atom. The lowest BCUT2D eigenvalue weighted by molar-refractivity contribution is 0.102. The highest BCUT2D eigenvalue weighted by molar-refractivity contribution is 6.03. The fourth-order valence-electron chi connectivity index (χ4n) is 3.18. The molecule has 1 aliphatic heterocycles. The van der Waals surface area contributed by atoms with Gasteiger partial charge in [-0.25, -0.2) is 9.97 Å². The molecule has 0 bridgehead atoms. The fourth-order valence-corrected chi connectivity index (χ4v) is 3.18. The van der Waals surface area contributed by atoms with E-state index in [1.165, 1.54) is 0 Å². The second-order valence-electron chi connectivity index (χ2n) is 6.85. The molecule has 0 unspecified atom stereocenters. The molecule has 1 aromatic carbocycles. The molecule has 1 aromatic heterocycles. The zero-order chi connectivity index (χ0) is 18.7. The number of nitrogens with zero attached hydrogens (tertiary/aromatic N) is 4. The van der Waals surface area contributed by atoms with Gasteiger partial charge in [-0.3, -0.25) is 4.79 Å². The van der Waals surface area contributed by atoms with Crippen LogP contribution in [0.25, 0.3) is 0 Å². The van der Waals surface area contributed by atoms with Gasteiger partial charge in [0.05, 0.1) is 0 Å². The summed E-state index contributed by atoms with van der Waals surface area (Å²) < 4.78 is 0. The lowest BCUT2D eigenvalue weighted by Gasteiger charge is -2.34. The predicted molar refractivity (Wildman–Crippen MR) is 105 cm³/mol. The molecule has 2 aromatic rings. The molecule has 26 heavy (non-hydrogen) atoms. The van der Waals surface area contributed by atoms with Gasteiger partial charge in [0.1, 0.15) is 17.3 Å². The van der Waals surface area contributed by atoms with Crippen molar-refractivity contribution >= 4 is 17.4 Å². The number of carbonyl (C=O) groups is 1. The predicted octanol–water partition coefficient (Wildman–Crippen LogP) is 2.80. The van der Waals surface area contributed by atoms with Gasteiger partial charge in [-0.2, -0.15) is 0 Å². The van der Waals surface area contributed by atoms with Crippen LogP contribution in [0.3, 0.4) is 0 Å². The second-order valence-corrected chi connectivity index (χ2v) is 6.85. The van der Waals surface area contributed by atoms with E-state index in [0.717, 1.165) is 55.4 Å². The van der Waals surface area contributed by atoms with Crippen LogP contribution in [-0.4, -0.2) is 53.5 Å². The molecule has 6 nitrogen and oxygen atoms in total. The van der Waals surface area contributed by atoms with Crippen LogP contribution in [0.4, 0.5) is 11.5 Å². The van der Waals surface area contributed by atoms with Gasteiger partial charge in [0.2, 0.25) is 0 Å². The number of nitrogens with one attached hydrogen (secondary N) is 1. The summed E-state index contributed by atoms with van der Waals surface area (Å²) in [5, 5.41) is 2.98. The Bertz CT molecular complexity index is 797. The topological polar surface area (TPSA) is 61.4 Å². The molecule has 1 saturated heterocycles. The highest BCUT2D eigenvalue weighted by Gasteiger charge is 2.19. The first kappa shape index (κ1) is 18.3. The Balaban J connectivity index is 1.79. The van der Waals surface area contributed by atoms with Crippen molar-refractivity contribution in [2.75, 3.05) is 42.9 Å². The first-order valence-electron chi connectivity index (χ1n) is 9.18. The highest BCUT2D eigenvalue weighted by Crippen LogP contribution is 2.19. The lowest BCUT2D eigenvalue weighted by Crippen LogP contribution is -2.46. The van der Waals surface area contributed by atoms with Crippen molar-refractivity contribution in [3.05, 3.63) is 46.9 Å². The summed E-state index contributed by atoms with van der Waals surface area (Å²) in [6, 6.07) is 7.82. The fraction of sp³-hybridized carbons (Fsp3) is 0.450. The maximum Gasteiger partial charge on any atom is 0.274 e. The monoisotopic (exact) mass is 353 g/mol. The molecule has 0 spiro atoms. The van der Waals surface area contributed by atoms with Crippen molar-refractivity contribution in [1.29, 1.82) is 0 Å². The summed E-state index contributed by atoms with van der Waals surface area (Å²) in [5.74, 6) is 1.25. The van der Waals surface area contributed by atoms with Crippen molar-refractivity contribution in [2.45, 2.75) is 27.7 Å². The minimum Gasteiger partial charge on any atom is -0.354 e. The average molecular weight is 353 g/mol. The van der Waals surface area contributed by atoms with Crippen molar-refractivity contribution in [2.24, 2.45) is 0 Å². The summed E-state index contributed by atoms with van der Waals surface area (Å²) in [5.41, 5.74) is 3.38. The molecule has 0 radical (unpaired) electrons. The first-order valence-corrected chi connectivity index (χ1v) is 9.18. The third-order valence-electron chi connectivity index (χ3n) is 4.84. The molecule has 6 heteroatoms. The number of carbonyl (C=O) groups excluding carboxylic acids is 1. The lowest BCUT2D eigenvalue weighted by atomic mass is 10.1. The van der Waals surface area contributed by atoms with Crippen LogP contribution < -0.4 is 10.2 Å². The van der Waals surface area contributed by atoms with E-state index < -0.39 is 0 Å². The molecule has 1 fully saturated rings. The minimum atomic E-state index is -0.197. The molecule has 138 valence electrons. The Hall–Kier alpha value is -2.47. The summed E-state index contributed by atoms with van der Waals surface area (Å²) in [6.07, 6.45) is 0. The second kappa shape index (κ2) is 7.83. The molecular formula is C20H27N5O. The molecule has 1 amide bonds. The van der Waals surface area contributed by atoms with Crippen molar-refractivity contribution < 1.29 is 4.79 Å². The third-order valence-corrected chi connectivity index (χ3v) is 4.84. The van der Waals surface area contributed by atoms with Crippen LogP contribution in [0.2, 0.25) is 0 Å². The van der Waals surface area contributed by atoms with Crippen LogP contribution in [0.15, 0.2) is 24.3 Å². The number of hydrogen-bond donors (Lipinski definition) is 1. The quantitative estimate of drug-likeness (QED) is 0.916. The van der Waals surface area contributed by atoms with Crippen LogP contribution in [0.5, 0.6) is 0 Å². The van der Waals surface area contributed by atoms with E-state index in [1.54, 1.807) is 6.07 Å². The van der Waals surface area contributed by atoms with Gasteiger partial charge in [0.15, 0.2) is 0 Å². The van der Waals surface area contributed by atoms with Gasteiger partial charge in [0.25, 0.3) is 5.91 Å². The zero-order valence-electron chi connectivity index (χ0n) is 16.0. The number of piperazine rings is 1. The van der Waals surface area contributed by atoms with E-state index in [0.29, 0.717) is 11.5 Å². The first-order chi connectivity index (χ1) is 12.5. The summed E-state index contributed by atoms with van der Waals surface area (Å²) in [6.45, 7) is 13.0. The minimum absolute atomic E-state index is 0.197. The molecule has 2 heterocycles. The molecule has 1 N–H and O–H groups in total. The van der Waals surface area contributed by atoms with E-state index in [2.05, 4.69) is 32.0 Å². The molecule has 0 atom stereocenters. The summed E-state index contributed by atoms with van der Waals surface area (Å²) in [7, 11) is 0. The van der Waals surface area contributed by atoms with E-state index >= 15 is 0 Å². The molecule has 3 rings (SSSR count). The molecular weight excluding hydrogens is 326 g/mol. The average Bonchev–Trinajstić information content (AvgIpc) is 2.64. The van der Waals surface area contributed by atoms with Crippen LogP contribution >= 0.6 is 0 Å². The van der Waals surface area contributed by atoms with E-state index in [-0.39, 0.29) is 5.91 Å². The van der Waals surface area contributed by atoms with Crippen molar-refractivity contribution in [3.63, 3.8) is 0 Å². The number of rotatable bonds is 4. The number of hydrogen-bond acceptors (Lipinski definition) is 5. The van der Waals surface area contributed by atoms with Gasteiger partial charge in [-0.1, -0.05) is 19.1 Å². The van der Waals surface area contributed by atoms with Crippen LogP contribution in [-0.2, 0) is 0 Å². The van der Waals surface area contributed by atoms with Crippen molar-refractivity contribution in [3.8, 4) is 0 Å². The number of aryl methyl sites for hydroxylation is 3. The summed E-state index contributed by atoms with van der Waals surface area (Å²) in [4.78, 5) is 26.3. The highest BCUT2D eigenvalue weighted by atomic mass is 16.1.